The predicted molar refractivity (Wildman–Crippen MR) is 167 cm³/mol. The molecular weight excluding hydrogens is 515 g/mol. The molecule has 0 aromatic heterocycles. The first-order chi connectivity index (χ1) is 19.6. The molecule has 8 nitrogen and oxygen atoms in total. The van der Waals surface area contributed by atoms with E-state index >= 15 is 0 Å². The average molecular weight is 547 g/mol. The lowest BCUT2D eigenvalue weighted by atomic mass is 9.13. The normalized spacial score (nSPS) is 10.8. The number of benzene rings is 4. The monoisotopic (exact) mass is 547 g/mol. The van der Waals surface area contributed by atoms with Crippen molar-refractivity contribution in [3.05, 3.63) is 97.1 Å². The van der Waals surface area contributed by atoms with Crippen LogP contribution in [0.1, 0.15) is 27.7 Å². The second-order valence-electron chi connectivity index (χ2n) is 10.1. The molecule has 0 unspecified atom stereocenters. The van der Waals surface area contributed by atoms with E-state index in [4.69, 9.17) is 0 Å². The van der Waals surface area contributed by atoms with Crippen LogP contribution in [0.25, 0.3) is 0 Å². The molecule has 41 heavy (non-hydrogen) atoms. The van der Waals surface area contributed by atoms with Crippen LogP contribution in [0.3, 0.4) is 0 Å². The number of carbonyl (C=O) groups excluding carboxylic acids is 4. The summed E-state index contributed by atoms with van der Waals surface area (Å²) < 4.78 is 0. The zero-order chi connectivity index (χ0) is 29.6. The quantitative estimate of drug-likeness (QED) is 0.254. The van der Waals surface area contributed by atoms with E-state index in [-0.39, 0.29) is 23.6 Å². The topological polar surface area (TPSA) is 116 Å². The van der Waals surface area contributed by atoms with E-state index in [0.29, 0.717) is 22.7 Å². The van der Waals surface area contributed by atoms with Crippen molar-refractivity contribution in [1.29, 1.82) is 0 Å². The summed E-state index contributed by atoms with van der Waals surface area (Å²) in [5, 5.41) is 11.5. The van der Waals surface area contributed by atoms with Crippen molar-refractivity contribution in [3.8, 4) is 0 Å². The Labute approximate surface area is 239 Å². The highest BCUT2D eigenvalue weighted by atomic mass is 16.2. The highest BCUT2D eigenvalue weighted by Crippen LogP contribution is 2.18. The minimum atomic E-state index is -2.02. The lowest BCUT2D eigenvalue weighted by molar-refractivity contribution is -0.115. The molecule has 0 radical (unpaired) electrons. The van der Waals surface area contributed by atoms with Gasteiger partial charge in [0.2, 0.25) is 23.6 Å². The molecule has 0 aliphatic rings. The van der Waals surface area contributed by atoms with Crippen molar-refractivity contribution in [2.24, 2.45) is 0 Å². The molecule has 9 heteroatoms. The van der Waals surface area contributed by atoms with Crippen LogP contribution < -0.4 is 43.1 Å². The summed E-state index contributed by atoms with van der Waals surface area (Å²) in [7, 11) is 0. The van der Waals surface area contributed by atoms with Crippen LogP contribution >= 0.6 is 0 Å². The number of hydrogen-bond acceptors (Lipinski definition) is 4. The zero-order valence-electron chi connectivity index (χ0n) is 23.4. The summed E-state index contributed by atoms with van der Waals surface area (Å²) in [6.45, 7) is 5.82. The summed E-state index contributed by atoms with van der Waals surface area (Å²) in [4.78, 5) is 48.0. The Balaban J connectivity index is 2.14. The van der Waals surface area contributed by atoms with Gasteiger partial charge in [0, 0.05) is 50.4 Å². The molecule has 0 saturated heterocycles. The Kier molecular flexibility index (Phi) is 8.67. The third-order valence-electron chi connectivity index (χ3n) is 6.83. The molecular formula is C32H32BN4O4-. The fourth-order valence-corrected chi connectivity index (χ4v) is 5.51. The van der Waals surface area contributed by atoms with Crippen LogP contribution in [0.2, 0.25) is 0 Å². The number of carbonyl (C=O) groups is 4. The van der Waals surface area contributed by atoms with Gasteiger partial charge in [0.15, 0.2) is 0 Å². The van der Waals surface area contributed by atoms with Gasteiger partial charge in [-0.25, -0.2) is 0 Å². The lowest BCUT2D eigenvalue weighted by Gasteiger charge is -2.45. The van der Waals surface area contributed by atoms with E-state index in [0.717, 1.165) is 21.9 Å². The minimum absolute atomic E-state index is 0.201. The number of hydrogen-bond donors (Lipinski definition) is 4. The van der Waals surface area contributed by atoms with Crippen LogP contribution in [0.5, 0.6) is 0 Å². The first-order valence-electron chi connectivity index (χ1n) is 13.3. The van der Waals surface area contributed by atoms with Gasteiger partial charge in [-0.1, -0.05) is 72.8 Å². The van der Waals surface area contributed by atoms with Gasteiger partial charge in [-0.15, -0.1) is 0 Å². The van der Waals surface area contributed by atoms with E-state index in [9.17, 15) is 19.2 Å². The molecule has 0 saturated carbocycles. The molecule has 4 amide bonds. The second kappa shape index (κ2) is 12.3. The van der Waals surface area contributed by atoms with Crippen molar-refractivity contribution >= 4 is 74.4 Å². The molecule has 0 bridgehead atoms. The molecule has 4 aromatic rings. The van der Waals surface area contributed by atoms with E-state index in [1.165, 1.54) is 27.7 Å². The third-order valence-corrected chi connectivity index (χ3v) is 6.83. The summed E-state index contributed by atoms with van der Waals surface area (Å²) in [5.41, 5.74) is 5.97. The molecule has 4 rings (SSSR count). The first-order valence-corrected chi connectivity index (χ1v) is 13.3. The van der Waals surface area contributed by atoms with Crippen molar-refractivity contribution in [1.82, 2.24) is 0 Å². The summed E-state index contributed by atoms with van der Waals surface area (Å²) >= 11 is 0. The summed E-state index contributed by atoms with van der Waals surface area (Å²) in [6.07, 6.45) is -2.02. The van der Waals surface area contributed by atoms with Crippen LogP contribution in [0.4, 0.5) is 22.7 Å². The van der Waals surface area contributed by atoms with Crippen LogP contribution in [0, 0.1) is 0 Å². The van der Waals surface area contributed by atoms with Gasteiger partial charge in [-0.05, 0) is 24.3 Å². The molecule has 0 aliphatic carbocycles. The summed E-state index contributed by atoms with van der Waals surface area (Å²) in [6, 6.07) is 30.5. The molecule has 0 fully saturated rings. The van der Waals surface area contributed by atoms with Crippen LogP contribution in [-0.2, 0) is 19.2 Å². The average Bonchev–Trinajstić information content (AvgIpc) is 2.89. The Hall–Kier alpha value is -5.18. The van der Waals surface area contributed by atoms with Gasteiger partial charge in [0.05, 0.1) is 0 Å². The van der Waals surface area contributed by atoms with E-state index < -0.39 is 6.15 Å². The smallest absolute Gasteiger partial charge is 0.221 e. The van der Waals surface area contributed by atoms with Gasteiger partial charge in [-0.2, -0.15) is 21.9 Å². The van der Waals surface area contributed by atoms with Gasteiger partial charge >= 0.3 is 0 Å². The maximum absolute atomic E-state index is 12.0. The Morgan fingerprint density at radius 1 is 0.415 bits per heavy atom. The van der Waals surface area contributed by atoms with Crippen molar-refractivity contribution in [2.75, 3.05) is 21.3 Å². The van der Waals surface area contributed by atoms with Crippen molar-refractivity contribution in [2.45, 2.75) is 27.7 Å². The highest BCUT2D eigenvalue weighted by Gasteiger charge is 2.33. The molecule has 0 atom stereocenters. The second-order valence-corrected chi connectivity index (χ2v) is 10.1. The van der Waals surface area contributed by atoms with Crippen LogP contribution in [-0.4, -0.2) is 29.8 Å². The number of nitrogens with one attached hydrogen (secondary N) is 4. The Bertz CT molecular complexity index is 1390. The molecule has 0 heterocycles. The minimum Gasteiger partial charge on any atom is -0.326 e. The Morgan fingerprint density at radius 2 is 0.634 bits per heavy atom. The van der Waals surface area contributed by atoms with Gasteiger partial charge < -0.3 is 21.3 Å². The number of anilines is 4. The lowest BCUT2D eigenvalue weighted by Crippen LogP contribution is -2.74. The predicted octanol–water partition coefficient (Wildman–Crippen LogP) is 2.90. The van der Waals surface area contributed by atoms with Crippen molar-refractivity contribution < 1.29 is 19.2 Å². The zero-order valence-corrected chi connectivity index (χ0v) is 23.4. The van der Waals surface area contributed by atoms with E-state index in [1.54, 1.807) is 0 Å². The molecule has 0 aliphatic heterocycles. The summed E-state index contributed by atoms with van der Waals surface area (Å²) in [5.74, 6) is -0.803. The first kappa shape index (κ1) is 28.8. The molecule has 4 aromatic carbocycles. The highest BCUT2D eigenvalue weighted by molar-refractivity contribution is 7.20. The molecule has 208 valence electrons. The standard InChI is InChI=1S/C32H32BN4O4/c1-21(38)34-29-13-5-9-25(17-29)33(26-10-6-14-30(18-26)35-22(2)39,27-11-7-15-31(19-27)36-23(3)40)28-12-8-16-32(20-28)37-24(4)41/h5-20H,1-4H3,(H,34,38)(H,35,39)(H,36,40)(H,37,41)/q-1. The van der Waals surface area contributed by atoms with E-state index in [1.807, 2.05) is 97.1 Å². The maximum atomic E-state index is 12.0. The third kappa shape index (κ3) is 6.70. The van der Waals surface area contributed by atoms with E-state index in [2.05, 4.69) is 21.3 Å². The fraction of sp³-hybridized carbons (Fsp3) is 0.125. The SMILES string of the molecule is CC(=O)Nc1cccc([B-](c2cccc(NC(C)=O)c2)(c2cccc(NC(C)=O)c2)c2cccc(NC(C)=O)c2)c1. The number of amides is 4. The van der Waals surface area contributed by atoms with Crippen molar-refractivity contribution in [3.63, 3.8) is 0 Å². The molecule has 0 spiro atoms. The molecule has 4 N–H and O–H groups in total. The Morgan fingerprint density at radius 3 is 0.829 bits per heavy atom. The maximum Gasteiger partial charge on any atom is 0.221 e. The van der Waals surface area contributed by atoms with Gasteiger partial charge in [0.25, 0.3) is 0 Å². The fourth-order valence-electron chi connectivity index (χ4n) is 5.51. The van der Waals surface area contributed by atoms with Crippen LogP contribution in [0.15, 0.2) is 97.1 Å². The van der Waals surface area contributed by atoms with Gasteiger partial charge in [-0.3, -0.25) is 19.2 Å². The number of rotatable bonds is 8. The van der Waals surface area contributed by atoms with Gasteiger partial charge in [0.1, 0.15) is 6.15 Å². The largest absolute Gasteiger partial charge is 0.326 e.